The quantitative estimate of drug-likeness (QED) is 0.572. The average Bonchev–Trinajstić information content (AvgIpc) is 2.17. The van der Waals surface area contributed by atoms with Gasteiger partial charge in [-0.1, -0.05) is 30.3 Å². The minimum absolute atomic E-state index is 0.178. The summed E-state index contributed by atoms with van der Waals surface area (Å²) >= 11 is 0. The third-order valence-corrected chi connectivity index (χ3v) is 2.15. The van der Waals surface area contributed by atoms with Gasteiger partial charge in [0.15, 0.2) is 0 Å². The van der Waals surface area contributed by atoms with Crippen LogP contribution in [0.5, 0.6) is 0 Å². The first-order valence-corrected chi connectivity index (χ1v) is 4.67. The molecule has 1 amide bonds. The second-order valence-corrected chi connectivity index (χ2v) is 3.76. The van der Waals surface area contributed by atoms with Gasteiger partial charge >= 0.3 is 0 Å². The van der Waals surface area contributed by atoms with Crippen LogP contribution in [-0.2, 0) is 11.2 Å². The maximum Gasteiger partial charge on any atom is 0.277 e. The first kappa shape index (κ1) is 11.7. The van der Waals surface area contributed by atoms with Gasteiger partial charge in [0.25, 0.3) is 5.91 Å². The van der Waals surface area contributed by atoms with E-state index in [1.54, 1.807) is 0 Å². The van der Waals surface area contributed by atoms with Gasteiger partial charge in [-0.15, -0.1) is 0 Å². The van der Waals surface area contributed by atoms with Gasteiger partial charge in [0.1, 0.15) is 5.60 Å². The van der Waals surface area contributed by atoms with Crippen molar-refractivity contribution in [3.05, 3.63) is 35.9 Å². The molecule has 0 spiro atoms. The fourth-order valence-electron chi connectivity index (χ4n) is 1.42. The molecule has 0 aliphatic heterocycles. The summed E-state index contributed by atoms with van der Waals surface area (Å²) in [7, 11) is 1.20. The zero-order chi connectivity index (χ0) is 11.5. The van der Waals surface area contributed by atoms with Crippen molar-refractivity contribution < 1.29 is 15.1 Å². The summed E-state index contributed by atoms with van der Waals surface area (Å²) in [6.45, 7) is 1.38. The Balaban J connectivity index is 2.77. The van der Waals surface area contributed by atoms with Gasteiger partial charge in [-0.2, -0.15) is 0 Å². The number of nitrogens with zero attached hydrogens (tertiary/aromatic N) is 1. The van der Waals surface area contributed by atoms with Crippen molar-refractivity contribution in [3.8, 4) is 0 Å². The third kappa shape index (κ3) is 3.04. The molecule has 0 aliphatic carbocycles. The molecular formula is C11H15NO3. The molecule has 82 valence electrons. The number of rotatable bonds is 3. The van der Waals surface area contributed by atoms with E-state index in [0.717, 1.165) is 5.56 Å². The van der Waals surface area contributed by atoms with Crippen LogP contribution in [-0.4, -0.2) is 33.9 Å². The van der Waals surface area contributed by atoms with Gasteiger partial charge in [0.2, 0.25) is 0 Å². The largest absolute Gasteiger partial charge is 0.380 e. The Kier molecular flexibility index (Phi) is 3.44. The van der Waals surface area contributed by atoms with E-state index in [0.29, 0.717) is 5.06 Å². The summed E-state index contributed by atoms with van der Waals surface area (Å²) < 4.78 is 0. The van der Waals surface area contributed by atoms with Crippen LogP contribution in [0.4, 0.5) is 0 Å². The lowest BCUT2D eigenvalue weighted by molar-refractivity contribution is -0.178. The average molecular weight is 209 g/mol. The number of amides is 1. The number of carbonyl (C=O) groups is 1. The van der Waals surface area contributed by atoms with Crippen molar-refractivity contribution in [2.75, 3.05) is 7.05 Å². The molecule has 1 rings (SSSR count). The Morgan fingerprint density at radius 1 is 1.40 bits per heavy atom. The van der Waals surface area contributed by atoms with Crippen LogP contribution in [0.3, 0.4) is 0 Å². The summed E-state index contributed by atoms with van der Waals surface area (Å²) in [6.07, 6.45) is 0.178. The molecule has 4 heteroatoms. The number of benzene rings is 1. The molecule has 2 N–H and O–H groups in total. The second kappa shape index (κ2) is 4.42. The minimum Gasteiger partial charge on any atom is -0.380 e. The number of aliphatic hydroxyl groups is 1. The monoisotopic (exact) mass is 209 g/mol. The molecular weight excluding hydrogens is 194 g/mol. The van der Waals surface area contributed by atoms with Crippen molar-refractivity contribution in [2.24, 2.45) is 0 Å². The van der Waals surface area contributed by atoms with Crippen molar-refractivity contribution >= 4 is 5.91 Å². The Morgan fingerprint density at radius 2 is 1.93 bits per heavy atom. The molecule has 0 saturated heterocycles. The van der Waals surface area contributed by atoms with E-state index in [1.165, 1.54) is 14.0 Å². The SMILES string of the molecule is CN(O)C(=O)C(C)(O)Cc1ccccc1. The smallest absolute Gasteiger partial charge is 0.277 e. The lowest BCUT2D eigenvalue weighted by Crippen LogP contribution is -2.45. The Bertz CT molecular complexity index is 333. The molecule has 1 unspecified atom stereocenters. The van der Waals surface area contributed by atoms with Crippen LogP contribution < -0.4 is 0 Å². The van der Waals surface area contributed by atoms with E-state index in [1.807, 2.05) is 30.3 Å². The van der Waals surface area contributed by atoms with Gasteiger partial charge in [0.05, 0.1) is 0 Å². The number of likely N-dealkylation sites (N-methyl/N-ethyl adjacent to an activating group) is 1. The Hall–Kier alpha value is -1.39. The van der Waals surface area contributed by atoms with Crippen LogP contribution in [0.15, 0.2) is 30.3 Å². The first-order chi connectivity index (χ1) is 6.93. The van der Waals surface area contributed by atoms with Gasteiger partial charge < -0.3 is 5.11 Å². The molecule has 0 saturated carbocycles. The van der Waals surface area contributed by atoms with Gasteiger partial charge in [-0.3, -0.25) is 10.0 Å². The molecule has 0 aliphatic rings. The Morgan fingerprint density at radius 3 is 2.40 bits per heavy atom. The number of hydrogen-bond acceptors (Lipinski definition) is 3. The second-order valence-electron chi connectivity index (χ2n) is 3.76. The van der Waals surface area contributed by atoms with Crippen molar-refractivity contribution in [2.45, 2.75) is 18.9 Å². The van der Waals surface area contributed by atoms with Crippen molar-refractivity contribution in [3.63, 3.8) is 0 Å². The number of carbonyl (C=O) groups excluding carboxylic acids is 1. The molecule has 1 atom stereocenters. The van der Waals surface area contributed by atoms with E-state index in [2.05, 4.69) is 0 Å². The summed E-state index contributed by atoms with van der Waals surface area (Å²) in [5.41, 5.74) is -0.733. The van der Waals surface area contributed by atoms with Crippen molar-refractivity contribution in [1.29, 1.82) is 0 Å². The summed E-state index contributed by atoms with van der Waals surface area (Å²) in [5, 5.41) is 19.2. The van der Waals surface area contributed by atoms with Crippen LogP contribution in [0, 0.1) is 0 Å². The normalized spacial score (nSPS) is 14.4. The number of hydrogen-bond donors (Lipinski definition) is 2. The van der Waals surface area contributed by atoms with Crippen LogP contribution in [0.25, 0.3) is 0 Å². The predicted molar refractivity (Wildman–Crippen MR) is 55.3 cm³/mol. The molecule has 4 nitrogen and oxygen atoms in total. The molecule has 0 fully saturated rings. The van der Waals surface area contributed by atoms with Crippen LogP contribution in [0.2, 0.25) is 0 Å². The van der Waals surface area contributed by atoms with E-state index in [9.17, 15) is 9.90 Å². The van der Waals surface area contributed by atoms with E-state index in [-0.39, 0.29) is 6.42 Å². The summed E-state index contributed by atoms with van der Waals surface area (Å²) in [4.78, 5) is 11.4. The highest BCUT2D eigenvalue weighted by atomic mass is 16.5. The van der Waals surface area contributed by atoms with Gasteiger partial charge in [0, 0.05) is 13.5 Å². The van der Waals surface area contributed by atoms with E-state index in [4.69, 9.17) is 5.21 Å². The highest BCUT2D eigenvalue weighted by molar-refractivity contribution is 5.83. The molecule has 0 radical (unpaired) electrons. The highest BCUT2D eigenvalue weighted by Crippen LogP contribution is 2.14. The van der Waals surface area contributed by atoms with Gasteiger partial charge in [-0.25, -0.2) is 5.06 Å². The maximum absolute atomic E-state index is 11.4. The molecule has 1 aromatic carbocycles. The Labute approximate surface area is 88.7 Å². The lowest BCUT2D eigenvalue weighted by Gasteiger charge is -2.24. The van der Waals surface area contributed by atoms with Gasteiger partial charge in [-0.05, 0) is 12.5 Å². The zero-order valence-electron chi connectivity index (χ0n) is 8.84. The zero-order valence-corrected chi connectivity index (χ0v) is 8.84. The maximum atomic E-state index is 11.4. The minimum atomic E-state index is -1.58. The fourth-order valence-corrected chi connectivity index (χ4v) is 1.42. The lowest BCUT2D eigenvalue weighted by atomic mass is 9.96. The first-order valence-electron chi connectivity index (χ1n) is 4.67. The molecule has 0 aromatic heterocycles. The standard InChI is InChI=1S/C11H15NO3/c1-11(14,10(13)12(2)15)8-9-6-4-3-5-7-9/h3-7,14-15H,8H2,1-2H3. The number of hydroxylamine groups is 2. The predicted octanol–water partition coefficient (Wildman–Crippen LogP) is 0.828. The molecule has 0 bridgehead atoms. The molecule has 1 aromatic rings. The van der Waals surface area contributed by atoms with Crippen LogP contribution in [0.1, 0.15) is 12.5 Å². The third-order valence-electron chi connectivity index (χ3n) is 2.15. The van der Waals surface area contributed by atoms with Crippen LogP contribution >= 0.6 is 0 Å². The fraction of sp³-hybridized carbons (Fsp3) is 0.364. The highest BCUT2D eigenvalue weighted by Gasteiger charge is 2.32. The summed E-state index contributed by atoms with van der Waals surface area (Å²) in [6, 6.07) is 9.16. The molecule has 0 heterocycles. The topological polar surface area (TPSA) is 60.8 Å². The van der Waals surface area contributed by atoms with Crippen molar-refractivity contribution in [1.82, 2.24) is 5.06 Å². The van der Waals surface area contributed by atoms with E-state index >= 15 is 0 Å². The summed E-state index contributed by atoms with van der Waals surface area (Å²) in [5.74, 6) is -0.716. The molecule has 15 heavy (non-hydrogen) atoms. The van der Waals surface area contributed by atoms with E-state index < -0.39 is 11.5 Å².